The number of nitrogens with two attached hydrogens (primary N) is 1. The van der Waals surface area contributed by atoms with Crippen LogP contribution in [0.5, 0.6) is 0 Å². The van der Waals surface area contributed by atoms with Gasteiger partial charge < -0.3 is 5.73 Å². The highest BCUT2D eigenvalue weighted by Crippen LogP contribution is 2.27. The summed E-state index contributed by atoms with van der Waals surface area (Å²) in [5.74, 6) is 0. The van der Waals surface area contributed by atoms with Crippen molar-refractivity contribution < 1.29 is 0 Å². The molecule has 0 aliphatic rings. The second-order valence-electron chi connectivity index (χ2n) is 5.06. The molecule has 0 aliphatic heterocycles. The second kappa shape index (κ2) is 4.18. The number of nitrogen functional groups attached to an aromatic ring is 1. The van der Waals surface area contributed by atoms with Crippen LogP contribution < -0.4 is 5.73 Å². The first-order chi connectivity index (χ1) is 7.88. The number of aromatic nitrogens is 2. The van der Waals surface area contributed by atoms with E-state index in [1.807, 2.05) is 35.1 Å². The zero-order chi connectivity index (χ0) is 12.6. The Balaban J connectivity index is 2.46. The van der Waals surface area contributed by atoms with Gasteiger partial charge in [0.1, 0.15) is 5.69 Å². The van der Waals surface area contributed by atoms with Gasteiger partial charge in [-0.15, -0.1) is 0 Å². The molecule has 0 atom stereocenters. The Bertz CT molecular complexity index is 521. The summed E-state index contributed by atoms with van der Waals surface area (Å²) in [6.45, 7) is 6.31. The van der Waals surface area contributed by atoms with Gasteiger partial charge in [0.2, 0.25) is 0 Å². The summed E-state index contributed by atoms with van der Waals surface area (Å²) in [4.78, 5) is 0. The molecule has 0 saturated heterocycles. The molecule has 0 saturated carbocycles. The molecule has 0 radical (unpaired) electrons. The lowest BCUT2D eigenvalue weighted by molar-refractivity contribution is 0.356. The highest BCUT2D eigenvalue weighted by molar-refractivity contribution is 9.10. The lowest BCUT2D eigenvalue weighted by atomic mass is 10.1. The molecule has 2 aromatic rings. The minimum Gasteiger partial charge on any atom is -0.396 e. The van der Waals surface area contributed by atoms with Gasteiger partial charge in [0.25, 0.3) is 0 Å². The van der Waals surface area contributed by atoms with Crippen molar-refractivity contribution in [2.75, 3.05) is 5.73 Å². The molecule has 0 aliphatic carbocycles. The molecular formula is C13H16BrN3. The highest BCUT2D eigenvalue weighted by atomic mass is 79.9. The van der Waals surface area contributed by atoms with Crippen molar-refractivity contribution >= 4 is 21.6 Å². The standard InChI is InChI=1S/C13H16BrN3/c1-13(2,3)17-8-11(15)12(16-17)9-4-6-10(14)7-5-9/h4-8H,15H2,1-3H3. The maximum atomic E-state index is 6.01. The first-order valence-corrected chi connectivity index (χ1v) is 6.29. The molecule has 4 heteroatoms. The molecule has 0 fully saturated rings. The number of hydrogen-bond acceptors (Lipinski definition) is 2. The number of rotatable bonds is 1. The van der Waals surface area contributed by atoms with E-state index in [0.29, 0.717) is 5.69 Å². The molecule has 0 unspecified atom stereocenters. The van der Waals surface area contributed by atoms with Crippen molar-refractivity contribution in [3.05, 3.63) is 34.9 Å². The summed E-state index contributed by atoms with van der Waals surface area (Å²) in [5, 5.41) is 4.56. The Morgan fingerprint density at radius 3 is 2.24 bits per heavy atom. The van der Waals surface area contributed by atoms with Crippen LogP contribution in [0.25, 0.3) is 11.3 Å². The van der Waals surface area contributed by atoms with Crippen LogP contribution >= 0.6 is 15.9 Å². The minimum atomic E-state index is -0.0538. The van der Waals surface area contributed by atoms with Crippen molar-refractivity contribution in [3.63, 3.8) is 0 Å². The maximum Gasteiger partial charge on any atom is 0.115 e. The first kappa shape index (κ1) is 12.2. The zero-order valence-electron chi connectivity index (χ0n) is 10.2. The van der Waals surface area contributed by atoms with Gasteiger partial charge >= 0.3 is 0 Å². The number of halogens is 1. The molecular weight excluding hydrogens is 278 g/mol. The van der Waals surface area contributed by atoms with E-state index < -0.39 is 0 Å². The molecule has 1 aromatic carbocycles. The Morgan fingerprint density at radius 2 is 1.76 bits per heavy atom. The van der Waals surface area contributed by atoms with Crippen LogP contribution in [0, 0.1) is 0 Å². The van der Waals surface area contributed by atoms with Gasteiger partial charge in [0, 0.05) is 16.2 Å². The minimum absolute atomic E-state index is 0.0538. The van der Waals surface area contributed by atoms with Gasteiger partial charge in [-0.1, -0.05) is 28.1 Å². The van der Waals surface area contributed by atoms with Crippen molar-refractivity contribution in [2.45, 2.75) is 26.3 Å². The Kier molecular flexibility index (Phi) is 3.00. The van der Waals surface area contributed by atoms with E-state index in [2.05, 4.69) is 41.8 Å². The Hall–Kier alpha value is -1.29. The predicted molar refractivity (Wildman–Crippen MR) is 74.8 cm³/mol. The molecule has 0 spiro atoms. The molecule has 1 aromatic heterocycles. The van der Waals surface area contributed by atoms with Crippen LogP contribution in [-0.2, 0) is 5.54 Å². The number of anilines is 1. The van der Waals surface area contributed by atoms with Crippen LogP contribution in [0.15, 0.2) is 34.9 Å². The average molecular weight is 294 g/mol. The quantitative estimate of drug-likeness (QED) is 0.872. The third-order valence-electron chi connectivity index (χ3n) is 2.55. The fourth-order valence-corrected chi connectivity index (χ4v) is 1.83. The summed E-state index contributed by atoms with van der Waals surface area (Å²) < 4.78 is 2.95. The maximum absolute atomic E-state index is 6.01. The predicted octanol–water partition coefficient (Wildman–Crippen LogP) is 3.65. The van der Waals surface area contributed by atoms with Gasteiger partial charge in [0.15, 0.2) is 0 Å². The van der Waals surface area contributed by atoms with Crippen molar-refractivity contribution in [3.8, 4) is 11.3 Å². The van der Waals surface area contributed by atoms with Crippen molar-refractivity contribution in [1.29, 1.82) is 0 Å². The van der Waals surface area contributed by atoms with Crippen molar-refractivity contribution in [2.24, 2.45) is 0 Å². The van der Waals surface area contributed by atoms with E-state index in [-0.39, 0.29) is 5.54 Å². The normalized spacial score (nSPS) is 11.8. The van der Waals surface area contributed by atoms with Gasteiger partial charge in [0.05, 0.1) is 11.2 Å². The third-order valence-corrected chi connectivity index (χ3v) is 3.08. The van der Waals surface area contributed by atoms with E-state index >= 15 is 0 Å². The monoisotopic (exact) mass is 293 g/mol. The molecule has 1 heterocycles. The number of hydrogen-bond donors (Lipinski definition) is 1. The van der Waals surface area contributed by atoms with Gasteiger partial charge in [-0.05, 0) is 32.9 Å². The lowest BCUT2D eigenvalue weighted by Crippen LogP contribution is -2.22. The second-order valence-corrected chi connectivity index (χ2v) is 5.97. The van der Waals surface area contributed by atoms with Crippen molar-refractivity contribution in [1.82, 2.24) is 9.78 Å². The topological polar surface area (TPSA) is 43.8 Å². The van der Waals surface area contributed by atoms with E-state index in [1.165, 1.54) is 0 Å². The lowest BCUT2D eigenvalue weighted by Gasteiger charge is -2.18. The van der Waals surface area contributed by atoms with Crippen LogP contribution in [0.1, 0.15) is 20.8 Å². The Morgan fingerprint density at radius 1 is 1.18 bits per heavy atom. The molecule has 2 rings (SSSR count). The third kappa shape index (κ3) is 2.52. The van der Waals surface area contributed by atoms with Crippen LogP contribution in [0.4, 0.5) is 5.69 Å². The van der Waals surface area contributed by atoms with Gasteiger partial charge in [-0.3, -0.25) is 4.68 Å². The summed E-state index contributed by atoms with van der Waals surface area (Å²) in [5.41, 5.74) is 8.55. The van der Waals surface area contributed by atoms with E-state index in [1.54, 1.807) is 0 Å². The van der Waals surface area contributed by atoms with Crippen LogP contribution in [-0.4, -0.2) is 9.78 Å². The fourth-order valence-electron chi connectivity index (χ4n) is 1.56. The molecule has 0 amide bonds. The Labute approximate surface area is 110 Å². The fraction of sp³-hybridized carbons (Fsp3) is 0.308. The number of benzene rings is 1. The van der Waals surface area contributed by atoms with E-state index in [0.717, 1.165) is 15.7 Å². The van der Waals surface area contributed by atoms with E-state index in [4.69, 9.17) is 5.73 Å². The largest absolute Gasteiger partial charge is 0.396 e. The molecule has 90 valence electrons. The first-order valence-electron chi connectivity index (χ1n) is 5.49. The molecule has 3 nitrogen and oxygen atoms in total. The summed E-state index contributed by atoms with van der Waals surface area (Å²) in [7, 11) is 0. The summed E-state index contributed by atoms with van der Waals surface area (Å²) >= 11 is 3.42. The molecule has 0 bridgehead atoms. The molecule has 17 heavy (non-hydrogen) atoms. The smallest absolute Gasteiger partial charge is 0.115 e. The summed E-state index contributed by atoms with van der Waals surface area (Å²) in [6.07, 6.45) is 1.89. The van der Waals surface area contributed by atoms with Crippen LogP contribution in [0.3, 0.4) is 0 Å². The van der Waals surface area contributed by atoms with Gasteiger partial charge in [-0.25, -0.2) is 0 Å². The SMILES string of the molecule is CC(C)(C)n1cc(N)c(-c2ccc(Br)cc2)n1. The highest BCUT2D eigenvalue weighted by Gasteiger charge is 2.17. The van der Waals surface area contributed by atoms with E-state index in [9.17, 15) is 0 Å². The zero-order valence-corrected chi connectivity index (χ0v) is 11.8. The van der Waals surface area contributed by atoms with Gasteiger partial charge in [-0.2, -0.15) is 5.10 Å². The number of nitrogens with zero attached hydrogens (tertiary/aromatic N) is 2. The summed E-state index contributed by atoms with van der Waals surface area (Å²) in [6, 6.07) is 8.00. The molecule has 2 N–H and O–H groups in total. The average Bonchev–Trinajstić information content (AvgIpc) is 2.61. The van der Waals surface area contributed by atoms with Crippen LogP contribution in [0.2, 0.25) is 0 Å².